The number of rotatable bonds is 7. The Balaban J connectivity index is 2.51. The van der Waals surface area contributed by atoms with Crippen molar-refractivity contribution >= 4 is 29.1 Å². The molecule has 0 saturated heterocycles. The molecule has 0 spiro atoms. The molecule has 0 bridgehead atoms. The van der Waals surface area contributed by atoms with E-state index < -0.39 is 17.9 Å². The van der Waals surface area contributed by atoms with Crippen LogP contribution < -0.4 is 10.6 Å². The summed E-state index contributed by atoms with van der Waals surface area (Å²) in [5, 5.41) is 13.9. The predicted molar refractivity (Wildman–Crippen MR) is 73.1 cm³/mol. The van der Waals surface area contributed by atoms with Crippen LogP contribution in [0.2, 0.25) is 0 Å². The van der Waals surface area contributed by atoms with Crippen molar-refractivity contribution in [2.24, 2.45) is 0 Å². The highest BCUT2D eigenvalue weighted by molar-refractivity contribution is 7.15. The number of amides is 2. The summed E-state index contributed by atoms with van der Waals surface area (Å²) in [4.78, 5) is 34.5. The number of carboxylic acid groups (broad SMARTS) is 1. The number of carbonyl (C=O) groups is 3. The highest BCUT2D eigenvalue weighted by Crippen LogP contribution is 2.16. The summed E-state index contributed by atoms with van der Waals surface area (Å²) >= 11 is 0.861. The van der Waals surface area contributed by atoms with Gasteiger partial charge in [0.05, 0.1) is 11.5 Å². The van der Waals surface area contributed by atoms with Gasteiger partial charge in [0.15, 0.2) is 0 Å². The number of methoxy groups -OCH3 is 1. The topological polar surface area (TPSA) is 105 Å². The van der Waals surface area contributed by atoms with Gasteiger partial charge in [0.1, 0.15) is 10.9 Å². The highest BCUT2D eigenvalue weighted by Gasteiger charge is 2.18. The Kier molecular flexibility index (Phi) is 6.13. The second-order valence-corrected chi connectivity index (χ2v) is 5.03. The molecular formula is C12H16N2O5S. The zero-order valence-corrected chi connectivity index (χ0v) is 12.0. The van der Waals surface area contributed by atoms with Crippen molar-refractivity contribution in [2.75, 3.05) is 20.3 Å². The molecule has 0 fully saturated rings. The zero-order chi connectivity index (χ0) is 15.1. The monoisotopic (exact) mass is 300 g/mol. The summed E-state index contributed by atoms with van der Waals surface area (Å²) in [5.74, 6) is -1.89. The van der Waals surface area contributed by atoms with Crippen molar-refractivity contribution in [1.82, 2.24) is 10.6 Å². The summed E-state index contributed by atoms with van der Waals surface area (Å²) in [6.07, 6.45) is 0. The summed E-state index contributed by atoms with van der Waals surface area (Å²) in [7, 11) is 1.52. The first kappa shape index (κ1) is 16.1. The standard InChI is InChI=1S/C12H16N2O5S/c1-7(10(15)13-5-6-19-2)14-11(16)8-3-4-9(20-8)12(17)18/h3-4,7H,5-6H2,1-2H3,(H,13,15)(H,14,16)(H,17,18). The van der Waals surface area contributed by atoms with E-state index in [1.807, 2.05) is 0 Å². The highest BCUT2D eigenvalue weighted by atomic mass is 32.1. The molecule has 0 saturated carbocycles. The van der Waals surface area contributed by atoms with Crippen LogP contribution in [0.1, 0.15) is 26.3 Å². The number of hydrogen-bond acceptors (Lipinski definition) is 5. The lowest BCUT2D eigenvalue weighted by Gasteiger charge is -2.13. The second kappa shape index (κ2) is 7.61. The van der Waals surface area contributed by atoms with Gasteiger partial charge >= 0.3 is 5.97 Å². The van der Waals surface area contributed by atoms with Gasteiger partial charge < -0.3 is 20.5 Å². The molecule has 0 aliphatic heterocycles. The van der Waals surface area contributed by atoms with E-state index in [1.54, 1.807) is 6.92 Å². The fraction of sp³-hybridized carbons (Fsp3) is 0.417. The molecule has 2 amide bonds. The molecule has 0 aromatic carbocycles. The summed E-state index contributed by atoms with van der Waals surface area (Å²) in [6, 6.07) is 2.05. The van der Waals surface area contributed by atoms with Crippen LogP contribution in [0.4, 0.5) is 0 Å². The average Bonchev–Trinajstić information content (AvgIpc) is 2.88. The molecule has 110 valence electrons. The van der Waals surface area contributed by atoms with Crippen molar-refractivity contribution < 1.29 is 24.2 Å². The zero-order valence-electron chi connectivity index (χ0n) is 11.1. The molecule has 7 nitrogen and oxygen atoms in total. The smallest absolute Gasteiger partial charge is 0.345 e. The van der Waals surface area contributed by atoms with E-state index >= 15 is 0 Å². The maximum Gasteiger partial charge on any atom is 0.345 e. The van der Waals surface area contributed by atoms with E-state index in [1.165, 1.54) is 19.2 Å². The van der Waals surface area contributed by atoms with Crippen molar-refractivity contribution in [3.63, 3.8) is 0 Å². The maximum absolute atomic E-state index is 11.8. The average molecular weight is 300 g/mol. The number of thiophene rings is 1. The Labute approximate surface area is 119 Å². The lowest BCUT2D eigenvalue weighted by molar-refractivity contribution is -0.122. The molecular weight excluding hydrogens is 284 g/mol. The molecule has 8 heteroatoms. The Morgan fingerprint density at radius 1 is 1.35 bits per heavy atom. The van der Waals surface area contributed by atoms with Crippen LogP contribution >= 0.6 is 11.3 Å². The second-order valence-electron chi connectivity index (χ2n) is 3.95. The van der Waals surface area contributed by atoms with Crippen LogP contribution in [-0.4, -0.2) is 49.2 Å². The van der Waals surface area contributed by atoms with E-state index in [-0.39, 0.29) is 15.7 Å². The normalized spacial score (nSPS) is 11.7. The van der Waals surface area contributed by atoms with E-state index in [2.05, 4.69) is 10.6 Å². The van der Waals surface area contributed by atoms with Crippen LogP contribution in [0.3, 0.4) is 0 Å². The molecule has 0 aliphatic rings. The van der Waals surface area contributed by atoms with E-state index in [4.69, 9.17) is 9.84 Å². The van der Waals surface area contributed by atoms with Crippen LogP contribution in [0.25, 0.3) is 0 Å². The largest absolute Gasteiger partial charge is 0.477 e. The van der Waals surface area contributed by atoms with Crippen molar-refractivity contribution in [3.8, 4) is 0 Å². The number of hydrogen-bond donors (Lipinski definition) is 3. The first-order valence-corrected chi connectivity index (χ1v) is 6.68. The van der Waals surface area contributed by atoms with Gasteiger partial charge in [-0.05, 0) is 19.1 Å². The minimum absolute atomic E-state index is 0.0762. The van der Waals surface area contributed by atoms with Crippen LogP contribution in [0, 0.1) is 0 Å². The number of aromatic carboxylic acids is 1. The molecule has 0 radical (unpaired) electrons. The van der Waals surface area contributed by atoms with Crippen molar-refractivity contribution in [3.05, 3.63) is 21.9 Å². The van der Waals surface area contributed by atoms with Crippen molar-refractivity contribution in [1.29, 1.82) is 0 Å². The lowest BCUT2D eigenvalue weighted by atomic mass is 10.3. The van der Waals surface area contributed by atoms with Gasteiger partial charge in [0.2, 0.25) is 5.91 Å². The van der Waals surface area contributed by atoms with Gasteiger partial charge in [-0.25, -0.2) is 4.79 Å². The summed E-state index contributed by atoms with van der Waals surface area (Å²) in [5.41, 5.74) is 0. The van der Waals surface area contributed by atoms with Crippen LogP contribution in [0.15, 0.2) is 12.1 Å². The van der Waals surface area contributed by atoms with E-state index in [0.717, 1.165) is 11.3 Å². The van der Waals surface area contributed by atoms with Gasteiger partial charge in [-0.15, -0.1) is 11.3 Å². The van der Waals surface area contributed by atoms with Crippen LogP contribution in [-0.2, 0) is 9.53 Å². The molecule has 3 N–H and O–H groups in total. The van der Waals surface area contributed by atoms with Crippen LogP contribution in [0.5, 0.6) is 0 Å². The Morgan fingerprint density at radius 3 is 2.55 bits per heavy atom. The Morgan fingerprint density at radius 2 is 2.00 bits per heavy atom. The van der Waals surface area contributed by atoms with Gasteiger partial charge in [-0.1, -0.05) is 0 Å². The Bertz CT molecular complexity index is 500. The van der Waals surface area contributed by atoms with Gasteiger partial charge in [-0.2, -0.15) is 0 Å². The maximum atomic E-state index is 11.8. The van der Waals surface area contributed by atoms with Gasteiger partial charge in [0, 0.05) is 13.7 Å². The first-order chi connectivity index (χ1) is 9.45. The summed E-state index contributed by atoms with van der Waals surface area (Å²) < 4.78 is 4.79. The number of ether oxygens (including phenoxy) is 1. The predicted octanol–water partition coefficient (Wildman–Crippen LogP) is 0.327. The third kappa shape index (κ3) is 4.63. The quantitative estimate of drug-likeness (QED) is 0.629. The minimum Gasteiger partial charge on any atom is -0.477 e. The molecule has 1 heterocycles. The first-order valence-electron chi connectivity index (χ1n) is 5.86. The Hall–Kier alpha value is -1.93. The molecule has 1 rings (SSSR count). The summed E-state index contributed by atoms with van der Waals surface area (Å²) in [6.45, 7) is 2.29. The minimum atomic E-state index is -1.08. The molecule has 0 aliphatic carbocycles. The van der Waals surface area contributed by atoms with Gasteiger partial charge in [-0.3, -0.25) is 9.59 Å². The van der Waals surface area contributed by atoms with Gasteiger partial charge in [0.25, 0.3) is 5.91 Å². The lowest BCUT2D eigenvalue weighted by Crippen LogP contribution is -2.45. The third-order valence-corrected chi connectivity index (χ3v) is 3.46. The third-order valence-electron chi connectivity index (χ3n) is 2.39. The van der Waals surface area contributed by atoms with E-state index in [9.17, 15) is 14.4 Å². The SMILES string of the molecule is COCCNC(=O)C(C)NC(=O)c1ccc(C(=O)O)s1. The fourth-order valence-electron chi connectivity index (χ4n) is 1.34. The molecule has 1 unspecified atom stereocenters. The molecule has 1 aromatic heterocycles. The molecule has 1 aromatic rings. The molecule has 1 atom stereocenters. The fourth-order valence-corrected chi connectivity index (χ4v) is 2.09. The van der Waals surface area contributed by atoms with E-state index in [0.29, 0.717) is 13.2 Å². The van der Waals surface area contributed by atoms with Crippen molar-refractivity contribution in [2.45, 2.75) is 13.0 Å². The number of carboxylic acids is 1. The molecule has 20 heavy (non-hydrogen) atoms. The number of carbonyl (C=O) groups excluding carboxylic acids is 2. The number of nitrogens with one attached hydrogen (secondary N) is 2.